The fourth-order valence-corrected chi connectivity index (χ4v) is 2.77. The van der Waals surface area contributed by atoms with E-state index in [2.05, 4.69) is 11.2 Å². The molecule has 18 heavy (non-hydrogen) atoms. The first kappa shape index (κ1) is 12.9. The van der Waals surface area contributed by atoms with Crippen LogP contribution in [0.5, 0.6) is 0 Å². The van der Waals surface area contributed by atoms with Crippen molar-refractivity contribution in [1.82, 2.24) is 10.2 Å². The molecule has 2 aliphatic rings. The number of amides is 2. The molecule has 0 aromatic carbocycles. The maximum atomic E-state index is 12.6. The lowest BCUT2D eigenvalue weighted by atomic mass is 9.88. The lowest BCUT2D eigenvalue weighted by Crippen LogP contribution is -2.70. The van der Waals surface area contributed by atoms with Gasteiger partial charge in [0.05, 0.1) is 0 Å². The van der Waals surface area contributed by atoms with Gasteiger partial charge < -0.3 is 10.2 Å². The lowest BCUT2D eigenvalue weighted by molar-refractivity contribution is -0.157. The number of nitrogens with zero attached hydrogens (tertiary/aromatic N) is 1. The van der Waals surface area contributed by atoms with Gasteiger partial charge in [0.25, 0.3) is 0 Å². The second-order valence-electron chi connectivity index (χ2n) is 5.61. The Bertz CT molecular complexity index is 422. The van der Waals surface area contributed by atoms with Crippen LogP contribution in [0.4, 0.5) is 0 Å². The van der Waals surface area contributed by atoms with Crippen LogP contribution in [0.25, 0.3) is 0 Å². The summed E-state index contributed by atoms with van der Waals surface area (Å²) in [6, 6.07) is -0.533. The van der Waals surface area contributed by atoms with Crippen molar-refractivity contribution >= 4 is 11.8 Å². The topological polar surface area (TPSA) is 49.4 Å². The minimum atomic E-state index is -0.730. The molecule has 2 fully saturated rings. The van der Waals surface area contributed by atoms with Crippen molar-refractivity contribution in [3.63, 3.8) is 0 Å². The van der Waals surface area contributed by atoms with E-state index in [1.54, 1.807) is 11.8 Å². The summed E-state index contributed by atoms with van der Waals surface area (Å²) in [5, 5.41) is 2.90. The molecule has 1 aliphatic heterocycles. The van der Waals surface area contributed by atoms with Crippen molar-refractivity contribution in [3.05, 3.63) is 0 Å². The van der Waals surface area contributed by atoms with Crippen LogP contribution in [0, 0.1) is 18.3 Å². The Morgan fingerprint density at radius 3 is 2.67 bits per heavy atom. The number of carbonyl (C=O) groups excluding carboxylic acids is 2. The van der Waals surface area contributed by atoms with Crippen molar-refractivity contribution in [3.8, 4) is 12.3 Å². The monoisotopic (exact) mass is 248 g/mol. The zero-order chi connectivity index (χ0) is 13.5. The van der Waals surface area contributed by atoms with Crippen molar-refractivity contribution in [2.45, 2.75) is 57.7 Å². The molecule has 4 nitrogen and oxygen atoms in total. The lowest BCUT2D eigenvalue weighted by Gasteiger charge is -2.46. The molecule has 3 unspecified atom stereocenters. The highest BCUT2D eigenvalue weighted by atomic mass is 16.2. The number of hydrogen-bond acceptors (Lipinski definition) is 2. The minimum Gasteiger partial charge on any atom is -0.340 e. The summed E-state index contributed by atoms with van der Waals surface area (Å²) in [4.78, 5) is 26.4. The standard InChI is InChI=1S/C14H20N2O2/c1-5-6-9(2)16-10(3)12(17)15-14(4,13(16)18)11-7-8-11/h1,9-11H,6-8H2,2-4H3,(H,15,17). The van der Waals surface area contributed by atoms with E-state index < -0.39 is 11.6 Å². The predicted molar refractivity (Wildman–Crippen MR) is 68.5 cm³/mol. The summed E-state index contributed by atoms with van der Waals surface area (Å²) in [6.45, 7) is 5.50. The third-order valence-electron chi connectivity index (χ3n) is 4.14. The maximum Gasteiger partial charge on any atom is 0.249 e. The van der Waals surface area contributed by atoms with Gasteiger partial charge >= 0.3 is 0 Å². The molecule has 98 valence electrons. The predicted octanol–water partition coefficient (Wildman–Crippen LogP) is 0.914. The van der Waals surface area contributed by atoms with Crippen LogP contribution in [0.1, 0.15) is 40.0 Å². The molecule has 0 aromatic rings. The fraction of sp³-hybridized carbons (Fsp3) is 0.714. The first-order valence-electron chi connectivity index (χ1n) is 6.50. The highest BCUT2D eigenvalue weighted by molar-refractivity contribution is 6.00. The Morgan fingerprint density at radius 2 is 2.17 bits per heavy atom. The number of nitrogens with one attached hydrogen (secondary N) is 1. The van der Waals surface area contributed by atoms with E-state index in [9.17, 15) is 9.59 Å². The van der Waals surface area contributed by atoms with Gasteiger partial charge in [-0.05, 0) is 39.5 Å². The second-order valence-corrected chi connectivity index (χ2v) is 5.61. The SMILES string of the molecule is C#CCC(C)N1C(=O)C(C)(C2CC2)NC(=O)C1C. The first-order chi connectivity index (χ1) is 8.41. The van der Waals surface area contributed by atoms with Crippen LogP contribution < -0.4 is 5.32 Å². The number of terminal acetylenes is 1. The van der Waals surface area contributed by atoms with Gasteiger partial charge in [-0.3, -0.25) is 9.59 Å². The summed E-state index contributed by atoms with van der Waals surface area (Å²) < 4.78 is 0. The fourth-order valence-electron chi connectivity index (χ4n) is 2.77. The molecule has 1 saturated carbocycles. The third-order valence-corrected chi connectivity index (χ3v) is 4.14. The van der Waals surface area contributed by atoms with E-state index in [0.717, 1.165) is 12.8 Å². The van der Waals surface area contributed by atoms with Gasteiger partial charge in [-0.2, -0.15) is 0 Å². The highest BCUT2D eigenvalue weighted by Crippen LogP contribution is 2.42. The number of hydrogen-bond donors (Lipinski definition) is 1. The molecule has 0 aromatic heterocycles. The van der Waals surface area contributed by atoms with Gasteiger partial charge in [-0.15, -0.1) is 12.3 Å². The van der Waals surface area contributed by atoms with Crippen LogP contribution >= 0.6 is 0 Å². The zero-order valence-electron chi connectivity index (χ0n) is 11.2. The first-order valence-corrected chi connectivity index (χ1v) is 6.50. The molecule has 1 aliphatic carbocycles. The highest BCUT2D eigenvalue weighted by Gasteiger charge is 2.55. The van der Waals surface area contributed by atoms with Crippen LogP contribution in [0.15, 0.2) is 0 Å². The van der Waals surface area contributed by atoms with Gasteiger partial charge in [0, 0.05) is 12.5 Å². The number of carbonyl (C=O) groups is 2. The molecule has 0 spiro atoms. The quantitative estimate of drug-likeness (QED) is 0.755. The van der Waals surface area contributed by atoms with Crippen molar-refractivity contribution in [2.75, 3.05) is 0 Å². The van der Waals surface area contributed by atoms with Crippen molar-refractivity contribution < 1.29 is 9.59 Å². The molecule has 3 atom stereocenters. The molecule has 1 N–H and O–H groups in total. The van der Waals surface area contributed by atoms with E-state index in [-0.39, 0.29) is 23.8 Å². The van der Waals surface area contributed by atoms with Gasteiger partial charge in [0.1, 0.15) is 11.6 Å². The molecule has 1 heterocycles. The molecular weight excluding hydrogens is 228 g/mol. The average Bonchev–Trinajstić information content (AvgIpc) is 3.11. The van der Waals surface area contributed by atoms with E-state index in [0.29, 0.717) is 6.42 Å². The minimum absolute atomic E-state index is 0.0138. The molecular formula is C14H20N2O2. The molecule has 0 radical (unpaired) electrons. The average molecular weight is 248 g/mol. The van der Waals surface area contributed by atoms with Crippen molar-refractivity contribution in [2.24, 2.45) is 5.92 Å². The van der Waals surface area contributed by atoms with E-state index in [1.807, 2.05) is 13.8 Å². The Labute approximate surface area is 108 Å². The summed E-state index contributed by atoms with van der Waals surface area (Å²) in [5.74, 6) is 2.78. The molecule has 2 rings (SSSR count). The Kier molecular flexibility index (Phi) is 3.10. The second kappa shape index (κ2) is 4.31. The molecule has 4 heteroatoms. The smallest absolute Gasteiger partial charge is 0.249 e. The molecule has 2 amide bonds. The Morgan fingerprint density at radius 1 is 1.56 bits per heavy atom. The maximum absolute atomic E-state index is 12.6. The Hall–Kier alpha value is -1.50. The van der Waals surface area contributed by atoms with Gasteiger partial charge in [0.15, 0.2) is 0 Å². The summed E-state index contributed by atoms with van der Waals surface area (Å²) >= 11 is 0. The van der Waals surface area contributed by atoms with E-state index in [4.69, 9.17) is 6.42 Å². The molecule has 1 saturated heterocycles. The zero-order valence-corrected chi connectivity index (χ0v) is 11.2. The molecule has 0 bridgehead atoms. The van der Waals surface area contributed by atoms with Crippen LogP contribution in [0.2, 0.25) is 0 Å². The van der Waals surface area contributed by atoms with Crippen LogP contribution in [-0.4, -0.2) is 34.3 Å². The largest absolute Gasteiger partial charge is 0.340 e. The Balaban J connectivity index is 2.28. The summed E-state index contributed by atoms with van der Waals surface area (Å²) in [5.41, 5.74) is -0.730. The number of piperazine rings is 1. The van der Waals surface area contributed by atoms with E-state index in [1.165, 1.54) is 0 Å². The van der Waals surface area contributed by atoms with E-state index >= 15 is 0 Å². The summed E-state index contributed by atoms with van der Waals surface area (Å²) in [7, 11) is 0. The van der Waals surface area contributed by atoms with Crippen LogP contribution in [0.3, 0.4) is 0 Å². The summed E-state index contributed by atoms with van der Waals surface area (Å²) in [6.07, 6.45) is 7.81. The van der Waals surface area contributed by atoms with Crippen molar-refractivity contribution in [1.29, 1.82) is 0 Å². The van der Waals surface area contributed by atoms with Crippen LogP contribution in [-0.2, 0) is 9.59 Å². The van der Waals surface area contributed by atoms with Gasteiger partial charge in [-0.25, -0.2) is 0 Å². The van der Waals surface area contributed by atoms with Gasteiger partial charge in [0.2, 0.25) is 11.8 Å². The van der Waals surface area contributed by atoms with Gasteiger partial charge in [-0.1, -0.05) is 0 Å². The third kappa shape index (κ3) is 1.88. The normalized spacial score (nSPS) is 33.9. The number of rotatable bonds is 3.